The maximum absolute atomic E-state index is 11.9. The van der Waals surface area contributed by atoms with Crippen molar-refractivity contribution in [2.45, 2.75) is 13.8 Å². The fraction of sp³-hybridized carbons (Fsp3) is 0.167. The highest BCUT2D eigenvalue weighted by molar-refractivity contribution is 7.14. The molecule has 2 aromatic heterocycles. The zero-order valence-electron chi connectivity index (χ0n) is 9.40. The molecule has 0 saturated heterocycles. The number of thiophene rings is 1. The van der Waals surface area contributed by atoms with Crippen LogP contribution in [0.5, 0.6) is 0 Å². The van der Waals surface area contributed by atoms with Crippen molar-refractivity contribution in [3.63, 3.8) is 0 Å². The first-order valence-electron chi connectivity index (χ1n) is 4.98. The predicted molar refractivity (Wildman–Crippen MR) is 65.2 cm³/mol. The Morgan fingerprint density at radius 1 is 1.53 bits per heavy atom. The monoisotopic (exact) mass is 246 g/mol. The molecule has 0 aliphatic heterocycles. The Balaban J connectivity index is 2.24. The highest BCUT2D eigenvalue weighted by Crippen LogP contribution is 2.24. The Morgan fingerprint density at radius 3 is 2.88 bits per heavy atom. The second-order valence-electron chi connectivity index (χ2n) is 3.56. The van der Waals surface area contributed by atoms with Crippen molar-refractivity contribution >= 4 is 22.2 Å². The number of hydrogen-bond acceptors (Lipinski definition) is 4. The first kappa shape index (κ1) is 11.4. The molecule has 86 valence electrons. The number of amides is 1. The lowest BCUT2D eigenvalue weighted by atomic mass is 10.2. The summed E-state index contributed by atoms with van der Waals surface area (Å²) < 4.78 is 5.29. The molecule has 0 fully saturated rings. The molecule has 0 saturated carbocycles. The molecule has 0 bridgehead atoms. The van der Waals surface area contributed by atoms with Gasteiger partial charge in [-0.2, -0.15) is 5.26 Å². The zero-order valence-corrected chi connectivity index (χ0v) is 10.2. The minimum atomic E-state index is -0.252. The maximum Gasteiger partial charge on any atom is 0.259 e. The molecule has 1 amide bonds. The Labute approximate surface area is 102 Å². The van der Waals surface area contributed by atoms with Gasteiger partial charge in [0.1, 0.15) is 22.6 Å². The number of nitriles is 1. The van der Waals surface area contributed by atoms with E-state index >= 15 is 0 Å². The number of aryl methyl sites for hydroxylation is 2. The van der Waals surface area contributed by atoms with Crippen LogP contribution in [0, 0.1) is 25.2 Å². The normalized spacial score (nSPS) is 9.94. The molecule has 0 atom stereocenters. The number of anilines is 1. The van der Waals surface area contributed by atoms with Crippen molar-refractivity contribution in [2.75, 3.05) is 5.32 Å². The van der Waals surface area contributed by atoms with Gasteiger partial charge in [-0.3, -0.25) is 4.79 Å². The number of hydrogen-bond donors (Lipinski definition) is 1. The van der Waals surface area contributed by atoms with Crippen molar-refractivity contribution in [2.24, 2.45) is 0 Å². The quantitative estimate of drug-likeness (QED) is 0.885. The van der Waals surface area contributed by atoms with E-state index in [2.05, 4.69) is 5.32 Å². The maximum atomic E-state index is 11.9. The van der Waals surface area contributed by atoms with E-state index in [0.717, 1.165) is 0 Å². The molecule has 0 radical (unpaired) electrons. The van der Waals surface area contributed by atoms with Gasteiger partial charge in [-0.1, -0.05) is 0 Å². The largest absolute Gasteiger partial charge is 0.466 e. The summed E-state index contributed by atoms with van der Waals surface area (Å²) in [6.45, 7) is 3.52. The number of furan rings is 1. The fourth-order valence-electron chi connectivity index (χ4n) is 1.52. The summed E-state index contributed by atoms with van der Waals surface area (Å²) in [5, 5.41) is 13.9. The number of carbonyl (C=O) groups excluding carboxylic acids is 1. The number of nitrogens with zero attached hydrogens (tertiary/aromatic N) is 1. The molecule has 4 nitrogen and oxygen atoms in total. The summed E-state index contributed by atoms with van der Waals surface area (Å²) in [6.07, 6.45) is 0. The van der Waals surface area contributed by atoms with E-state index in [1.54, 1.807) is 31.4 Å². The third-order valence-corrected chi connectivity index (χ3v) is 3.13. The highest BCUT2D eigenvalue weighted by Gasteiger charge is 2.15. The third-order valence-electron chi connectivity index (χ3n) is 2.30. The average Bonchev–Trinajstić information content (AvgIpc) is 2.84. The van der Waals surface area contributed by atoms with Crippen LogP contribution in [0.2, 0.25) is 0 Å². The molecule has 0 aromatic carbocycles. The molecule has 0 unspecified atom stereocenters. The third kappa shape index (κ3) is 2.22. The van der Waals surface area contributed by atoms with Crippen molar-refractivity contribution in [1.82, 2.24) is 0 Å². The molecule has 5 heteroatoms. The smallest absolute Gasteiger partial charge is 0.259 e. The summed E-state index contributed by atoms with van der Waals surface area (Å²) >= 11 is 1.32. The molecule has 1 N–H and O–H groups in total. The lowest BCUT2D eigenvalue weighted by Gasteiger charge is -2.01. The van der Waals surface area contributed by atoms with Crippen LogP contribution >= 0.6 is 11.3 Å². The fourth-order valence-corrected chi connectivity index (χ4v) is 2.25. The second kappa shape index (κ2) is 4.44. The van der Waals surface area contributed by atoms with Crippen molar-refractivity contribution < 1.29 is 9.21 Å². The van der Waals surface area contributed by atoms with Gasteiger partial charge in [0.05, 0.1) is 11.1 Å². The standard InChI is InChI=1S/C12H10N2O2S/c1-7-5-10(8(2)16-7)11(15)14-12-9(6-13)3-4-17-12/h3-5H,1-2H3,(H,14,15). The SMILES string of the molecule is Cc1cc(C(=O)Nc2sccc2C#N)c(C)o1. The molecule has 2 heterocycles. The minimum Gasteiger partial charge on any atom is -0.466 e. The van der Waals surface area contributed by atoms with Gasteiger partial charge in [0.25, 0.3) is 5.91 Å². The van der Waals surface area contributed by atoms with Gasteiger partial charge < -0.3 is 9.73 Å². The summed E-state index contributed by atoms with van der Waals surface area (Å²) in [7, 11) is 0. The van der Waals surface area contributed by atoms with Crippen LogP contribution in [0.25, 0.3) is 0 Å². The Kier molecular flexibility index (Phi) is 2.98. The van der Waals surface area contributed by atoms with Crippen LogP contribution < -0.4 is 5.32 Å². The number of rotatable bonds is 2. The first-order valence-corrected chi connectivity index (χ1v) is 5.85. The lowest BCUT2D eigenvalue weighted by Crippen LogP contribution is -2.11. The number of carbonyl (C=O) groups is 1. The van der Waals surface area contributed by atoms with Crippen molar-refractivity contribution in [1.29, 1.82) is 5.26 Å². The Hall–Kier alpha value is -2.06. The van der Waals surface area contributed by atoms with E-state index in [9.17, 15) is 4.79 Å². The topological polar surface area (TPSA) is 66.0 Å². The molecule has 0 aliphatic rings. The molecule has 2 aromatic rings. The molecule has 0 spiro atoms. The Bertz CT molecular complexity index is 604. The number of nitrogens with one attached hydrogen (secondary N) is 1. The molecular weight excluding hydrogens is 236 g/mol. The van der Waals surface area contributed by atoms with Gasteiger partial charge in [-0.15, -0.1) is 11.3 Å². The molecule has 0 aliphatic carbocycles. The summed E-state index contributed by atoms with van der Waals surface area (Å²) in [5.41, 5.74) is 0.973. The summed E-state index contributed by atoms with van der Waals surface area (Å²) in [5.74, 6) is 1.02. The van der Waals surface area contributed by atoms with Crippen LogP contribution in [-0.2, 0) is 0 Å². The van der Waals surface area contributed by atoms with Gasteiger partial charge >= 0.3 is 0 Å². The van der Waals surface area contributed by atoms with Gasteiger partial charge in [-0.05, 0) is 31.4 Å². The minimum absolute atomic E-state index is 0.252. The van der Waals surface area contributed by atoms with Crippen molar-refractivity contribution in [3.8, 4) is 6.07 Å². The van der Waals surface area contributed by atoms with Crippen LogP contribution in [-0.4, -0.2) is 5.91 Å². The van der Waals surface area contributed by atoms with E-state index in [1.807, 2.05) is 6.07 Å². The molecule has 2 rings (SSSR count). The lowest BCUT2D eigenvalue weighted by molar-refractivity contribution is 0.102. The van der Waals surface area contributed by atoms with E-state index in [-0.39, 0.29) is 5.91 Å². The van der Waals surface area contributed by atoms with Gasteiger partial charge in [-0.25, -0.2) is 0 Å². The van der Waals surface area contributed by atoms with E-state index in [1.165, 1.54) is 11.3 Å². The van der Waals surface area contributed by atoms with E-state index in [0.29, 0.717) is 27.6 Å². The average molecular weight is 246 g/mol. The van der Waals surface area contributed by atoms with Crippen LogP contribution in [0.15, 0.2) is 21.9 Å². The van der Waals surface area contributed by atoms with Crippen LogP contribution in [0.4, 0.5) is 5.00 Å². The first-order chi connectivity index (χ1) is 8.11. The highest BCUT2D eigenvalue weighted by atomic mass is 32.1. The zero-order chi connectivity index (χ0) is 12.4. The van der Waals surface area contributed by atoms with E-state index < -0.39 is 0 Å². The summed E-state index contributed by atoms with van der Waals surface area (Å²) in [4.78, 5) is 11.9. The molecular formula is C12H10N2O2S. The molecule has 17 heavy (non-hydrogen) atoms. The van der Waals surface area contributed by atoms with E-state index in [4.69, 9.17) is 9.68 Å². The van der Waals surface area contributed by atoms with Gasteiger partial charge in [0.15, 0.2) is 0 Å². The summed E-state index contributed by atoms with van der Waals surface area (Å²) in [6, 6.07) is 5.38. The second-order valence-corrected chi connectivity index (χ2v) is 4.47. The van der Waals surface area contributed by atoms with Crippen LogP contribution in [0.1, 0.15) is 27.4 Å². The van der Waals surface area contributed by atoms with Crippen molar-refractivity contribution in [3.05, 3.63) is 40.2 Å². The van der Waals surface area contributed by atoms with Gasteiger partial charge in [0.2, 0.25) is 0 Å². The predicted octanol–water partition coefficient (Wildman–Crippen LogP) is 3.08. The van der Waals surface area contributed by atoms with Gasteiger partial charge in [0, 0.05) is 0 Å². The Morgan fingerprint density at radius 2 is 2.29 bits per heavy atom. The van der Waals surface area contributed by atoms with Crippen LogP contribution in [0.3, 0.4) is 0 Å².